The average molecular weight is 407 g/mol. The van der Waals surface area contributed by atoms with Crippen molar-refractivity contribution in [1.82, 2.24) is 0 Å². The summed E-state index contributed by atoms with van der Waals surface area (Å²) in [5.41, 5.74) is 0.408. The van der Waals surface area contributed by atoms with Gasteiger partial charge in [-0.05, 0) is 29.8 Å². The van der Waals surface area contributed by atoms with Crippen LogP contribution < -0.4 is 10.0 Å². The van der Waals surface area contributed by atoms with Crippen LogP contribution in [-0.4, -0.2) is 42.7 Å². The molecule has 0 saturated carbocycles. The molecule has 0 fully saturated rings. The van der Waals surface area contributed by atoms with E-state index in [9.17, 15) is 23.3 Å². The van der Waals surface area contributed by atoms with Crippen molar-refractivity contribution < 1.29 is 28.3 Å². The molecule has 0 unspecified atom stereocenters. The van der Waals surface area contributed by atoms with Crippen molar-refractivity contribution in [2.75, 3.05) is 23.2 Å². The second-order valence-corrected chi connectivity index (χ2v) is 7.17. The van der Waals surface area contributed by atoms with Crippen molar-refractivity contribution in [1.29, 1.82) is 0 Å². The largest absolute Gasteiger partial charge is 0.478 e. The third kappa shape index (κ3) is 5.53. The van der Waals surface area contributed by atoms with Crippen LogP contribution in [0.25, 0.3) is 6.08 Å². The summed E-state index contributed by atoms with van der Waals surface area (Å²) in [6, 6.07) is 9.02. The van der Waals surface area contributed by atoms with Crippen LogP contribution >= 0.6 is 0 Å². The smallest absolute Gasteiger partial charge is 0.328 e. The summed E-state index contributed by atoms with van der Waals surface area (Å²) in [4.78, 5) is 20.7. The molecule has 2 rings (SSSR count). The summed E-state index contributed by atoms with van der Waals surface area (Å²) in [6.45, 7) is -0.0916. The van der Waals surface area contributed by atoms with E-state index in [0.717, 1.165) is 12.1 Å². The Kier molecular flexibility index (Phi) is 6.69. The van der Waals surface area contributed by atoms with Gasteiger partial charge in [0.05, 0.1) is 27.8 Å². The number of sulfonamides is 1. The Morgan fingerprint density at radius 1 is 1.14 bits per heavy atom. The number of aliphatic carboxylic acids is 1. The molecule has 11 heteroatoms. The Hall–Kier alpha value is -3.44. The summed E-state index contributed by atoms with van der Waals surface area (Å²) in [6.07, 6.45) is 2.23. The Bertz CT molecular complexity index is 1000. The molecule has 0 aromatic heterocycles. The number of rotatable bonds is 9. The number of hydrogen-bond donors (Lipinski definition) is 4. The summed E-state index contributed by atoms with van der Waals surface area (Å²) in [5.74, 6) is -1.13. The van der Waals surface area contributed by atoms with E-state index in [-0.39, 0.29) is 35.1 Å². The maximum atomic E-state index is 12.6. The van der Waals surface area contributed by atoms with Crippen molar-refractivity contribution in [3.05, 3.63) is 64.2 Å². The third-order valence-electron chi connectivity index (χ3n) is 3.49. The standard InChI is InChI=1S/C17H17N3O7S/c21-10-9-18-15-7-4-13(20(24)25)11-16(15)19-28(26,27)14-5-1-12(2-6-14)3-8-17(22)23/h1-8,11,18-19,21H,9-10H2,(H,22,23)/b8-3+. The van der Waals surface area contributed by atoms with Crippen molar-refractivity contribution >= 4 is 39.1 Å². The van der Waals surface area contributed by atoms with E-state index in [4.69, 9.17) is 10.2 Å². The number of hydrogen-bond acceptors (Lipinski definition) is 7. The van der Waals surface area contributed by atoms with Crippen LogP contribution in [0.1, 0.15) is 5.56 Å². The predicted octanol–water partition coefficient (Wildman–Crippen LogP) is 1.90. The van der Waals surface area contributed by atoms with E-state index in [1.807, 2.05) is 0 Å². The minimum atomic E-state index is -4.07. The lowest BCUT2D eigenvalue weighted by atomic mass is 10.2. The molecule has 0 bridgehead atoms. The lowest BCUT2D eigenvalue weighted by Crippen LogP contribution is -2.15. The number of carboxylic acid groups (broad SMARTS) is 1. The fraction of sp³-hybridized carbons (Fsp3) is 0.118. The zero-order chi connectivity index (χ0) is 20.7. The summed E-state index contributed by atoms with van der Waals surface area (Å²) >= 11 is 0. The Morgan fingerprint density at radius 2 is 1.82 bits per heavy atom. The normalized spacial score (nSPS) is 11.3. The van der Waals surface area contributed by atoms with E-state index >= 15 is 0 Å². The number of aliphatic hydroxyl groups is 1. The highest BCUT2D eigenvalue weighted by Crippen LogP contribution is 2.29. The molecule has 2 aromatic rings. The minimum Gasteiger partial charge on any atom is -0.478 e. The molecule has 4 N–H and O–H groups in total. The number of carboxylic acids is 1. The third-order valence-corrected chi connectivity index (χ3v) is 4.88. The number of nitrogens with zero attached hydrogens (tertiary/aromatic N) is 1. The van der Waals surface area contributed by atoms with Gasteiger partial charge < -0.3 is 15.5 Å². The molecule has 28 heavy (non-hydrogen) atoms. The van der Waals surface area contributed by atoms with E-state index in [2.05, 4.69) is 10.0 Å². The van der Waals surface area contributed by atoms with Gasteiger partial charge in [-0.1, -0.05) is 12.1 Å². The lowest BCUT2D eigenvalue weighted by molar-refractivity contribution is -0.384. The topological polar surface area (TPSA) is 159 Å². The van der Waals surface area contributed by atoms with Crippen molar-refractivity contribution in [2.45, 2.75) is 4.90 Å². The quantitative estimate of drug-likeness (QED) is 0.279. The van der Waals surface area contributed by atoms with Crippen LogP contribution in [0.3, 0.4) is 0 Å². The van der Waals surface area contributed by atoms with Gasteiger partial charge in [-0.15, -0.1) is 0 Å². The first-order valence-electron chi connectivity index (χ1n) is 7.90. The van der Waals surface area contributed by atoms with Crippen LogP contribution in [0, 0.1) is 10.1 Å². The van der Waals surface area contributed by atoms with Crippen LogP contribution in [0.15, 0.2) is 53.4 Å². The van der Waals surface area contributed by atoms with Crippen LogP contribution in [0.5, 0.6) is 0 Å². The highest BCUT2D eigenvalue weighted by Gasteiger charge is 2.18. The molecule has 148 valence electrons. The average Bonchev–Trinajstić information content (AvgIpc) is 2.65. The van der Waals surface area contributed by atoms with Crippen LogP contribution in [0.4, 0.5) is 17.1 Å². The minimum absolute atomic E-state index is 0.0440. The molecule has 0 aliphatic heterocycles. The second kappa shape index (κ2) is 8.97. The molecule has 0 saturated heterocycles. The summed E-state index contributed by atoms with van der Waals surface area (Å²) in [7, 11) is -4.07. The molecular weight excluding hydrogens is 390 g/mol. The van der Waals surface area contributed by atoms with Gasteiger partial charge in [-0.3, -0.25) is 14.8 Å². The first kappa shape index (κ1) is 20.9. The van der Waals surface area contributed by atoms with Gasteiger partial charge in [-0.2, -0.15) is 0 Å². The van der Waals surface area contributed by atoms with Gasteiger partial charge >= 0.3 is 5.97 Å². The first-order chi connectivity index (χ1) is 13.2. The Labute approximate surface area is 160 Å². The van der Waals surface area contributed by atoms with E-state index in [1.165, 1.54) is 42.5 Å². The van der Waals surface area contributed by atoms with Gasteiger partial charge in [0.2, 0.25) is 0 Å². The SMILES string of the molecule is O=C(O)/C=C/c1ccc(S(=O)(=O)Nc2cc([N+](=O)[O-])ccc2NCCO)cc1. The highest BCUT2D eigenvalue weighted by atomic mass is 32.2. The van der Waals surface area contributed by atoms with E-state index in [0.29, 0.717) is 5.56 Å². The summed E-state index contributed by atoms with van der Waals surface area (Å²) in [5, 5.41) is 31.3. The number of benzene rings is 2. The van der Waals surface area contributed by atoms with Gasteiger partial charge in [0.15, 0.2) is 0 Å². The number of anilines is 2. The molecule has 2 aromatic carbocycles. The fourth-order valence-electron chi connectivity index (χ4n) is 2.20. The molecule has 0 aliphatic carbocycles. The van der Waals surface area contributed by atoms with Crippen LogP contribution in [-0.2, 0) is 14.8 Å². The molecule has 0 radical (unpaired) electrons. The molecular formula is C17H17N3O7S. The summed E-state index contributed by atoms with van der Waals surface area (Å²) < 4.78 is 27.5. The van der Waals surface area contributed by atoms with Gasteiger partial charge in [0.1, 0.15) is 0 Å². The number of aliphatic hydroxyl groups excluding tert-OH is 1. The van der Waals surface area contributed by atoms with E-state index < -0.39 is 20.9 Å². The zero-order valence-corrected chi connectivity index (χ0v) is 15.2. The van der Waals surface area contributed by atoms with E-state index in [1.54, 1.807) is 0 Å². The number of nitro benzene ring substituents is 1. The van der Waals surface area contributed by atoms with Gasteiger partial charge in [0.25, 0.3) is 15.7 Å². The number of nitro groups is 1. The van der Waals surface area contributed by atoms with Crippen molar-refractivity contribution in [3.8, 4) is 0 Å². The Balaban J connectivity index is 2.33. The first-order valence-corrected chi connectivity index (χ1v) is 9.38. The van der Waals surface area contributed by atoms with Crippen molar-refractivity contribution in [2.24, 2.45) is 0 Å². The number of nitrogens with one attached hydrogen (secondary N) is 2. The van der Waals surface area contributed by atoms with Crippen molar-refractivity contribution in [3.63, 3.8) is 0 Å². The molecule has 0 atom stereocenters. The predicted molar refractivity (Wildman–Crippen MR) is 103 cm³/mol. The maximum Gasteiger partial charge on any atom is 0.328 e. The molecule has 0 heterocycles. The highest BCUT2D eigenvalue weighted by molar-refractivity contribution is 7.92. The second-order valence-electron chi connectivity index (χ2n) is 5.48. The Morgan fingerprint density at radius 3 is 2.39 bits per heavy atom. The van der Waals surface area contributed by atoms with Gasteiger partial charge in [0, 0.05) is 24.8 Å². The van der Waals surface area contributed by atoms with Gasteiger partial charge in [-0.25, -0.2) is 13.2 Å². The number of non-ortho nitro benzene ring substituents is 1. The molecule has 0 amide bonds. The lowest BCUT2D eigenvalue weighted by Gasteiger charge is -2.14. The molecule has 0 spiro atoms. The molecule has 0 aliphatic rings. The monoisotopic (exact) mass is 407 g/mol. The van der Waals surface area contributed by atoms with Crippen LogP contribution in [0.2, 0.25) is 0 Å². The zero-order valence-electron chi connectivity index (χ0n) is 14.4. The molecule has 10 nitrogen and oxygen atoms in total. The fourth-order valence-corrected chi connectivity index (χ4v) is 3.27. The maximum absolute atomic E-state index is 12.6. The number of carbonyl (C=O) groups is 1.